The summed E-state index contributed by atoms with van der Waals surface area (Å²) in [7, 11) is 3.19. The maximum absolute atomic E-state index is 4.50. The summed E-state index contributed by atoms with van der Waals surface area (Å²) >= 11 is 0. The van der Waals surface area contributed by atoms with Gasteiger partial charge in [0.1, 0.15) is 0 Å². The van der Waals surface area contributed by atoms with Crippen LogP contribution >= 0.6 is 0 Å². The topological polar surface area (TPSA) is 9.23 Å². The average molecular weight is 191 g/mol. The Morgan fingerprint density at radius 1 is 1.25 bits per heavy atom. The molecule has 0 aromatic carbocycles. The van der Waals surface area contributed by atoms with Gasteiger partial charge in [0.2, 0.25) is 0 Å². The summed E-state index contributed by atoms with van der Waals surface area (Å²) in [6.07, 6.45) is 0.273. The summed E-state index contributed by atoms with van der Waals surface area (Å²) in [5.41, 5.74) is 0. The van der Waals surface area contributed by atoms with Gasteiger partial charge in [-0.05, 0) is 13.8 Å². The molecule has 0 heterocycles. The van der Waals surface area contributed by atoms with Crippen molar-refractivity contribution >= 4 is 0 Å². The summed E-state index contributed by atoms with van der Waals surface area (Å²) in [6.45, 7) is 8.88. The van der Waals surface area contributed by atoms with E-state index in [-0.39, 0.29) is 38.8 Å². The minimum atomic E-state index is 0. The monoisotopic (exact) mass is 191 g/mol. The van der Waals surface area contributed by atoms with Crippen molar-refractivity contribution in [3.05, 3.63) is 14.0 Å². The van der Waals surface area contributed by atoms with Crippen molar-refractivity contribution in [2.75, 3.05) is 0 Å². The summed E-state index contributed by atoms with van der Waals surface area (Å²) in [5.74, 6) is 0. The zero-order valence-electron chi connectivity index (χ0n) is 5.98. The third-order valence-electron chi connectivity index (χ3n) is 0.333. The minimum absolute atomic E-state index is 0. The molecule has 0 rings (SSSR count). The van der Waals surface area contributed by atoms with E-state index in [0.717, 1.165) is 0 Å². The fraction of sp³-hybridized carbons (Fsp3) is 0.667. The standard InChI is InChI=1S/C4H9O.C2H5.Y/c1-4(2)5-3;1-2;/h4H,3H2,1-2H3;1H2,2H3;/q2*-1;. The Labute approximate surface area is 78.1 Å². The molecule has 0 saturated heterocycles. The second-order valence-electron chi connectivity index (χ2n) is 1.22. The van der Waals surface area contributed by atoms with Gasteiger partial charge in [0.15, 0.2) is 0 Å². The number of rotatable bonds is 1. The third-order valence-corrected chi connectivity index (χ3v) is 0.333. The van der Waals surface area contributed by atoms with Crippen molar-refractivity contribution in [2.45, 2.75) is 26.9 Å². The molecule has 0 spiro atoms. The molecule has 0 atom stereocenters. The first kappa shape index (κ1) is 16.0. The van der Waals surface area contributed by atoms with Crippen molar-refractivity contribution in [2.24, 2.45) is 0 Å². The van der Waals surface area contributed by atoms with E-state index in [4.69, 9.17) is 0 Å². The van der Waals surface area contributed by atoms with Crippen LogP contribution in [0.5, 0.6) is 0 Å². The van der Waals surface area contributed by atoms with E-state index >= 15 is 0 Å². The first-order chi connectivity index (χ1) is 3.27. The van der Waals surface area contributed by atoms with Gasteiger partial charge in [0, 0.05) is 38.8 Å². The van der Waals surface area contributed by atoms with Crippen molar-refractivity contribution in [3.63, 3.8) is 0 Å². The normalized spacial score (nSPS) is 6.75. The third kappa shape index (κ3) is 27.7. The first-order valence-electron chi connectivity index (χ1n) is 2.39. The van der Waals surface area contributed by atoms with Crippen LogP contribution in [0.2, 0.25) is 0 Å². The predicted octanol–water partition coefficient (Wildman–Crippen LogP) is 2.04. The van der Waals surface area contributed by atoms with Gasteiger partial charge < -0.3 is 11.7 Å². The SMILES string of the molecule is [CH2-]C.[CH2-]OC(C)C.[Y]. The van der Waals surface area contributed by atoms with Crippen molar-refractivity contribution in [3.8, 4) is 0 Å². The Morgan fingerprint density at radius 2 is 1.38 bits per heavy atom. The largest absolute Gasteiger partial charge is 0.553 e. The molecule has 0 aliphatic carbocycles. The van der Waals surface area contributed by atoms with Crippen LogP contribution in [-0.2, 0) is 37.4 Å². The van der Waals surface area contributed by atoms with Gasteiger partial charge in [-0.3, -0.25) is 0 Å². The molecule has 0 N–H and O–H groups in total. The summed E-state index contributed by atoms with van der Waals surface area (Å²) < 4.78 is 4.50. The maximum Gasteiger partial charge on any atom is 0.0170 e. The number of ether oxygens (including phenoxy) is 1. The molecule has 1 radical (unpaired) electrons. The second kappa shape index (κ2) is 15.7. The molecule has 1 nitrogen and oxygen atoms in total. The summed E-state index contributed by atoms with van der Waals surface area (Å²) in [6, 6.07) is 0. The molecule has 2 heteroatoms. The van der Waals surface area contributed by atoms with Crippen LogP contribution in [0, 0.1) is 14.0 Å². The zero-order valence-corrected chi connectivity index (χ0v) is 8.82. The number of hydrogen-bond acceptors (Lipinski definition) is 1. The molecular weight excluding hydrogens is 177 g/mol. The van der Waals surface area contributed by atoms with Gasteiger partial charge in [-0.25, -0.2) is 7.11 Å². The Balaban J connectivity index is -0.0000000750. The van der Waals surface area contributed by atoms with Gasteiger partial charge in [0.25, 0.3) is 0 Å². The van der Waals surface area contributed by atoms with E-state index in [9.17, 15) is 0 Å². The Hall–Kier alpha value is 1.06. The molecule has 0 aliphatic rings. The fourth-order valence-electron chi connectivity index (χ4n) is 0. The van der Waals surface area contributed by atoms with Gasteiger partial charge in [-0.15, -0.1) is 0 Å². The molecule has 0 aromatic heterocycles. The van der Waals surface area contributed by atoms with Gasteiger partial charge >= 0.3 is 0 Å². The van der Waals surface area contributed by atoms with Gasteiger partial charge in [-0.1, -0.05) is 0 Å². The number of hydrogen-bond donors (Lipinski definition) is 0. The molecule has 0 unspecified atom stereocenters. The van der Waals surface area contributed by atoms with Gasteiger partial charge in [0.05, 0.1) is 0 Å². The molecule has 0 aromatic rings. The molecule has 0 bridgehead atoms. The predicted molar refractivity (Wildman–Crippen MR) is 32.6 cm³/mol. The van der Waals surface area contributed by atoms with E-state index in [1.54, 1.807) is 6.92 Å². The van der Waals surface area contributed by atoms with Crippen molar-refractivity contribution < 1.29 is 37.4 Å². The second-order valence-corrected chi connectivity index (χ2v) is 1.22. The average Bonchev–Trinajstić information content (AvgIpc) is 1.73. The molecule has 0 amide bonds. The van der Waals surface area contributed by atoms with E-state index in [1.165, 1.54) is 0 Å². The van der Waals surface area contributed by atoms with E-state index in [2.05, 4.69) is 18.8 Å². The summed E-state index contributed by atoms with van der Waals surface area (Å²) in [5, 5.41) is 0. The van der Waals surface area contributed by atoms with Crippen LogP contribution in [0.3, 0.4) is 0 Å². The Morgan fingerprint density at radius 3 is 1.38 bits per heavy atom. The van der Waals surface area contributed by atoms with Crippen LogP contribution in [-0.4, -0.2) is 6.10 Å². The van der Waals surface area contributed by atoms with Crippen molar-refractivity contribution in [1.82, 2.24) is 0 Å². The quantitative estimate of drug-likeness (QED) is 0.576. The Kier molecular flexibility index (Phi) is 31.4. The molecule has 8 heavy (non-hydrogen) atoms. The minimum Gasteiger partial charge on any atom is -0.553 e. The Bertz CT molecular complexity index is 22.5. The molecule has 0 saturated carbocycles. The summed E-state index contributed by atoms with van der Waals surface area (Å²) in [4.78, 5) is 0. The molecule has 0 fully saturated rings. The maximum atomic E-state index is 4.50. The van der Waals surface area contributed by atoms with Crippen LogP contribution in [0.4, 0.5) is 0 Å². The van der Waals surface area contributed by atoms with Crippen LogP contribution in [0.25, 0.3) is 0 Å². The van der Waals surface area contributed by atoms with E-state index in [0.29, 0.717) is 0 Å². The van der Waals surface area contributed by atoms with E-state index < -0.39 is 0 Å². The van der Waals surface area contributed by atoms with Crippen LogP contribution in [0.1, 0.15) is 20.8 Å². The molecule has 49 valence electrons. The molecule has 0 aliphatic heterocycles. The molecular formula is C6H14OY-2. The van der Waals surface area contributed by atoms with Crippen LogP contribution in [0.15, 0.2) is 0 Å². The van der Waals surface area contributed by atoms with E-state index in [1.807, 2.05) is 13.8 Å². The smallest absolute Gasteiger partial charge is 0.0170 e. The fourth-order valence-corrected chi connectivity index (χ4v) is 0. The first-order valence-corrected chi connectivity index (χ1v) is 2.39. The van der Waals surface area contributed by atoms with Crippen LogP contribution < -0.4 is 0 Å². The van der Waals surface area contributed by atoms with Gasteiger partial charge in [-0.2, -0.15) is 6.92 Å². The van der Waals surface area contributed by atoms with Crippen molar-refractivity contribution in [1.29, 1.82) is 0 Å². The zero-order chi connectivity index (χ0) is 6.28.